The first-order chi connectivity index (χ1) is 23.2. The molecule has 1 aliphatic carbocycles. The molecule has 2 unspecified atom stereocenters. The highest BCUT2D eigenvalue weighted by Crippen LogP contribution is 2.29. The summed E-state index contributed by atoms with van der Waals surface area (Å²) in [7, 11) is 1.59. The van der Waals surface area contributed by atoms with Crippen molar-refractivity contribution in [2.24, 2.45) is 17.8 Å². The number of aromatic amines is 1. The van der Waals surface area contributed by atoms with Crippen molar-refractivity contribution in [2.45, 2.75) is 129 Å². The van der Waals surface area contributed by atoms with Gasteiger partial charge in [0.25, 0.3) is 0 Å². The summed E-state index contributed by atoms with van der Waals surface area (Å²) in [6.45, 7) is 9.29. The molecule has 1 heterocycles. The number of carbonyl (C=O) groups is 4. The first kappa shape index (κ1) is 39.5. The predicted molar refractivity (Wildman–Crippen MR) is 188 cm³/mol. The highest BCUT2D eigenvalue weighted by molar-refractivity contribution is 5.91. The highest BCUT2D eigenvalue weighted by atomic mass is 16.6. The number of hydrogen-bond donors (Lipinski definition) is 6. The van der Waals surface area contributed by atoms with Crippen molar-refractivity contribution in [2.75, 3.05) is 7.05 Å². The molecule has 12 nitrogen and oxygen atoms in total. The second-order valence-corrected chi connectivity index (χ2v) is 14.8. The lowest BCUT2D eigenvalue weighted by molar-refractivity contribution is -0.131. The van der Waals surface area contributed by atoms with Gasteiger partial charge in [-0.1, -0.05) is 76.3 Å². The summed E-state index contributed by atoms with van der Waals surface area (Å²) in [5, 5.41) is 23.0. The zero-order valence-electron chi connectivity index (χ0n) is 30.1. The molecule has 1 fully saturated rings. The summed E-state index contributed by atoms with van der Waals surface area (Å²) >= 11 is 0. The van der Waals surface area contributed by atoms with E-state index >= 15 is 0 Å². The summed E-state index contributed by atoms with van der Waals surface area (Å²) in [6, 6.07) is 6.54. The first-order valence-corrected chi connectivity index (χ1v) is 17.7. The average Bonchev–Trinajstić information content (AvgIpc) is 3.56. The van der Waals surface area contributed by atoms with Crippen LogP contribution in [0.25, 0.3) is 0 Å². The van der Waals surface area contributed by atoms with Crippen molar-refractivity contribution < 1.29 is 29.0 Å². The SMILES string of the molecule is CNC(=O)C(CC(C)C)CC(O)[C@H](CC1CCCCC1)NC(=O)[C@H](Cc1cnc[nH]1)NC(=O)[C@H](Cc1ccccc1)NC(=O)OC(C)(C)C. The van der Waals surface area contributed by atoms with Gasteiger partial charge in [0.2, 0.25) is 17.7 Å². The third kappa shape index (κ3) is 14.2. The Bertz CT molecular complexity index is 1310. The Balaban J connectivity index is 1.86. The Morgan fingerprint density at radius 3 is 2.16 bits per heavy atom. The second-order valence-electron chi connectivity index (χ2n) is 14.8. The van der Waals surface area contributed by atoms with Crippen LogP contribution >= 0.6 is 0 Å². The summed E-state index contributed by atoms with van der Waals surface area (Å²) < 4.78 is 5.45. The standard InChI is InChI=1S/C37H58N6O6/c1-24(2)17-27(33(45)38-6)20-32(44)29(18-25-13-9-7-10-14-25)41-35(47)31(21-28-22-39-23-40-28)42-34(46)30(19-26-15-11-8-12-16-26)43-36(48)49-37(3,4)5/h8,11-12,15-16,22-25,27,29-32,44H,7,9-10,13-14,17-21H2,1-6H3,(H,38,45)(H,39,40)(H,41,47)(H,42,46)(H,43,48)/t27?,29-,30-,31-,32?/m0/s1. The van der Waals surface area contributed by atoms with Crippen LogP contribution < -0.4 is 21.3 Å². The molecule has 2 aromatic rings. The van der Waals surface area contributed by atoms with E-state index in [1.165, 1.54) is 12.7 Å². The van der Waals surface area contributed by atoms with Gasteiger partial charge in [-0.25, -0.2) is 9.78 Å². The number of nitrogens with one attached hydrogen (secondary N) is 5. The van der Waals surface area contributed by atoms with Crippen LogP contribution in [0.4, 0.5) is 4.79 Å². The number of aliphatic hydroxyl groups excluding tert-OH is 1. The molecule has 6 N–H and O–H groups in total. The normalized spacial score (nSPS) is 16.9. The van der Waals surface area contributed by atoms with Crippen molar-refractivity contribution in [1.29, 1.82) is 0 Å². The summed E-state index contributed by atoms with van der Waals surface area (Å²) in [6.07, 6.45) is 8.38. The summed E-state index contributed by atoms with van der Waals surface area (Å²) in [5.41, 5.74) is 0.665. The maximum Gasteiger partial charge on any atom is 0.408 e. The summed E-state index contributed by atoms with van der Waals surface area (Å²) in [5.74, 6) is -1.01. The van der Waals surface area contributed by atoms with Gasteiger partial charge in [0.1, 0.15) is 17.7 Å². The van der Waals surface area contributed by atoms with E-state index in [2.05, 4.69) is 31.2 Å². The minimum absolute atomic E-state index is 0.0997. The van der Waals surface area contributed by atoms with Gasteiger partial charge in [-0.05, 0) is 57.4 Å². The predicted octanol–water partition coefficient (Wildman–Crippen LogP) is 4.19. The maximum atomic E-state index is 14.1. The van der Waals surface area contributed by atoms with Gasteiger partial charge < -0.3 is 36.1 Å². The van der Waals surface area contributed by atoms with Gasteiger partial charge >= 0.3 is 6.09 Å². The van der Waals surface area contributed by atoms with Gasteiger partial charge in [0, 0.05) is 37.7 Å². The number of amides is 4. The first-order valence-electron chi connectivity index (χ1n) is 17.7. The van der Waals surface area contributed by atoms with Gasteiger partial charge in [0.15, 0.2) is 0 Å². The number of carbonyl (C=O) groups excluding carboxylic acids is 4. The fourth-order valence-corrected chi connectivity index (χ4v) is 6.52. The molecule has 4 amide bonds. The van der Waals surface area contributed by atoms with Crippen LogP contribution in [-0.4, -0.2) is 75.8 Å². The Morgan fingerprint density at radius 2 is 1.57 bits per heavy atom. The minimum Gasteiger partial charge on any atom is -0.444 e. The number of ether oxygens (including phenoxy) is 1. The molecule has 0 spiro atoms. The number of imidazole rings is 1. The van der Waals surface area contributed by atoms with Crippen LogP contribution in [0.1, 0.15) is 97.2 Å². The van der Waals surface area contributed by atoms with E-state index in [4.69, 9.17) is 4.74 Å². The lowest BCUT2D eigenvalue weighted by atomic mass is 9.81. The molecule has 0 radical (unpaired) electrons. The number of aromatic nitrogens is 2. The zero-order valence-corrected chi connectivity index (χ0v) is 30.1. The number of nitrogens with zero attached hydrogens (tertiary/aromatic N) is 1. The molecule has 1 saturated carbocycles. The number of hydrogen-bond acceptors (Lipinski definition) is 7. The highest BCUT2D eigenvalue weighted by Gasteiger charge is 2.34. The van der Waals surface area contributed by atoms with Crippen molar-refractivity contribution in [3.63, 3.8) is 0 Å². The van der Waals surface area contributed by atoms with Crippen LogP contribution in [0, 0.1) is 17.8 Å². The zero-order chi connectivity index (χ0) is 36.0. The molecule has 0 aliphatic heterocycles. The minimum atomic E-state index is -1.06. The Labute approximate surface area is 291 Å². The Kier molecular flexibility index (Phi) is 15.6. The molecule has 0 saturated heterocycles. The van der Waals surface area contributed by atoms with Crippen LogP contribution in [-0.2, 0) is 32.0 Å². The molecule has 12 heteroatoms. The van der Waals surface area contributed by atoms with Gasteiger partial charge in [-0.15, -0.1) is 0 Å². The number of aliphatic hydroxyl groups is 1. The number of H-pyrrole nitrogens is 1. The Morgan fingerprint density at radius 1 is 0.918 bits per heavy atom. The van der Waals surface area contributed by atoms with Crippen molar-refractivity contribution in [3.05, 3.63) is 54.1 Å². The second kappa shape index (κ2) is 19.3. The number of alkyl carbamates (subject to hydrolysis) is 1. The van der Waals surface area contributed by atoms with E-state index in [9.17, 15) is 24.3 Å². The Hall–Kier alpha value is -3.93. The van der Waals surface area contributed by atoms with Gasteiger partial charge in [-0.3, -0.25) is 14.4 Å². The molecular formula is C37H58N6O6. The van der Waals surface area contributed by atoms with Crippen LogP contribution in [0.3, 0.4) is 0 Å². The molecular weight excluding hydrogens is 624 g/mol. The molecule has 272 valence electrons. The molecule has 0 bridgehead atoms. The number of benzene rings is 1. The topological polar surface area (TPSA) is 175 Å². The van der Waals surface area contributed by atoms with Gasteiger partial charge in [0.05, 0.1) is 18.5 Å². The third-order valence-corrected chi connectivity index (χ3v) is 8.91. The summed E-state index contributed by atoms with van der Waals surface area (Å²) in [4.78, 5) is 60.7. The van der Waals surface area contributed by atoms with Gasteiger partial charge in [-0.2, -0.15) is 0 Å². The third-order valence-electron chi connectivity index (χ3n) is 8.91. The van der Waals surface area contributed by atoms with Crippen LogP contribution in [0.5, 0.6) is 0 Å². The average molecular weight is 683 g/mol. The largest absolute Gasteiger partial charge is 0.444 e. The number of rotatable bonds is 17. The van der Waals surface area contributed by atoms with E-state index in [-0.39, 0.29) is 31.1 Å². The molecule has 5 atom stereocenters. The molecule has 1 aromatic carbocycles. The fraction of sp³-hybridized carbons (Fsp3) is 0.649. The van der Waals surface area contributed by atoms with E-state index in [1.54, 1.807) is 34.0 Å². The van der Waals surface area contributed by atoms with Crippen molar-refractivity contribution in [1.82, 2.24) is 31.2 Å². The molecule has 49 heavy (non-hydrogen) atoms. The van der Waals surface area contributed by atoms with Crippen LogP contribution in [0.2, 0.25) is 0 Å². The van der Waals surface area contributed by atoms with E-state index in [0.29, 0.717) is 24.5 Å². The maximum absolute atomic E-state index is 14.1. The monoisotopic (exact) mass is 682 g/mol. The van der Waals surface area contributed by atoms with E-state index < -0.39 is 53.7 Å². The van der Waals surface area contributed by atoms with E-state index in [1.807, 2.05) is 44.2 Å². The molecule has 1 aromatic heterocycles. The lowest BCUT2D eigenvalue weighted by Crippen LogP contribution is -2.58. The molecule has 1 aliphatic rings. The molecule has 3 rings (SSSR count). The van der Waals surface area contributed by atoms with E-state index in [0.717, 1.165) is 31.2 Å². The van der Waals surface area contributed by atoms with Crippen molar-refractivity contribution >= 4 is 23.8 Å². The quantitative estimate of drug-likeness (QED) is 0.145. The van der Waals surface area contributed by atoms with Crippen LogP contribution in [0.15, 0.2) is 42.9 Å². The fourth-order valence-electron chi connectivity index (χ4n) is 6.52. The smallest absolute Gasteiger partial charge is 0.408 e. The van der Waals surface area contributed by atoms with Crippen molar-refractivity contribution in [3.8, 4) is 0 Å². The lowest BCUT2D eigenvalue weighted by Gasteiger charge is -2.33.